The minimum absolute atomic E-state index is 0.000775. The van der Waals surface area contributed by atoms with Gasteiger partial charge in [0.15, 0.2) is 5.54 Å². The minimum atomic E-state index is -1.83. The summed E-state index contributed by atoms with van der Waals surface area (Å²) in [6.07, 6.45) is -0.0297. The molecule has 2 aromatic rings. The molecule has 7 heteroatoms. The van der Waals surface area contributed by atoms with Crippen LogP contribution in [0.25, 0.3) is 0 Å². The summed E-state index contributed by atoms with van der Waals surface area (Å²) in [5.74, 6) is -1.94. The smallest absolute Gasteiger partial charge is 0.408 e. The molecule has 0 aliphatic rings. The molecule has 6 nitrogen and oxygen atoms in total. The number of rotatable bonds is 5. The molecular formula is C16H15FN2O4. The largest absolute Gasteiger partial charge is 0.479 e. The van der Waals surface area contributed by atoms with Gasteiger partial charge in [-0.2, -0.15) is 0 Å². The zero-order valence-corrected chi connectivity index (χ0v) is 12.3. The van der Waals surface area contributed by atoms with Gasteiger partial charge in [-0.3, -0.25) is 4.98 Å². The van der Waals surface area contributed by atoms with E-state index in [1.807, 2.05) is 6.07 Å². The van der Waals surface area contributed by atoms with E-state index in [0.717, 1.165) is 17.8 Å². The van der Waals surface area contributed by atoms with Crippen molar-refractivity contribution in [3.63, 3.8) is 0 Å². The molecule has 0 radical (unpaired) electrons. The van der Waals surface area contributed by atoms with E-state index in [-0.39, 0.29) is 12.3 Å². The molecule has 2 N–H and O–H groups in total. The number of hydrogen-bond acceptors (Lipinski definition) is 4. The Morgan fingerprint density at radius 1 is 1.26 bits per heavy atom. The first-order chi connectivity index (χ1) is 10.9. The average molecular weight is 318 g/mol. The number of nitrogens with zero attached hydrogens (tertiary/aromatic N) is 1. The lowest BCUT2D eigenvalue weighted by atomic mass is 9.97. The van der Waals surface area contributed by atoms with Gasteiger partial charge < -0.3 is 15.2 Å². The van der Waals surface area contributed by atoms with Gasteiger partial charge in [0.2, 0.25) is 0 Å². The number of aliphatic carboxylic acids is 1. The van der Waals surface area contributed by atoms with E-state index in [0.29, 0.717) is 0 Å². The standard InChI is InChI=1S/C16H15FN2O4/c1-16(14(20)21,13-8-7-12(17)9-18-13)19-15(22)23-10-11-5-3-2-4-6-11/h2-9H,10H2,1H3,(H,19,22)(H,20,21). The second-order valence-electron chi connectivity index (χ2n) is 4.98. The van der Waals surface area contributed by atoms with Crippen molar-refractivity contribution in [1.82, 2.24) is 10.3 Å². The lowest BCUT2D eigenvalue weighted by molar-refractivity contribution is -0.144. The van der Waals surface area contributed by atoms with Gasteiger partial charge in [-0.25, -0.2) is 14.0 Å². The number of alkyl carbamates (subject to hydrolysis) is 1. The van der Waals surface area contributed by atoms with E-state index in [2.05, 4.69) is 10.3 Å². The van der Waals surface area contributed by atoms with Crippen LogP contribution in [0.5, 0.6) is 0 Å². The molecule has 23 heavy (non-hydrogen) atoms. The quantitative estimate of drug-likeness (QED) is 0.884. The zero-order chi connectivity index (χ0) is 16.9. The minimum Gasteiger partial charge on any atom is -0.479 e. The highest BCUT2D eigenvalue weighted by molar-refractivity contribution is 5.84. The van der Waals surface area contributed by atoms with Gasteiger partial charge in [0.1, 0.15) is 12.4 Å². The number of nitrogens with one attached hydrogen (secondary N) is 1. The summed E-state index contributed by atoms with van der Waals surface area (Å²) in [6, 6.07) is 11.2. The second-order valence-corrected chi connectivity index (χ2v) is 4.98. The number of carboxylic acid groups (broad SMARTS) is 1. The Balaban J connectivity index is 2.08. The van der Waals surface area contributed by atoms with Crippen LogP contribution in [0.1, 0.15) is 18.2 Å². The molecule has 0 bridgehead atoms. The Hall–Kier alpha value is -2.96. The second kappa shape index (κ2) is 6.87. The number of pyridine rings is 1. The molecule has 1 amide bonds. The summed E-state index contributed by atoms with van der Waals surface area (Å²) in [5, 5.41) is 11.6. The maximum Gasteiger partial charge on any atom is 0.408 e. The third-order valence-corrected chi connectivity index (χ3v) is 3.23. The summed E-state index contributed by atoms with van der Waals surface area (Å²) < 4.78 is 17.9. The molecule has 1 heterocycles. The summed E-state index contributed by atoms with van der Waals surface area (Å²) >= 11 is 0. The first kappa shape index (κ1) is 16.4. The van der Waals surface area contributed by atoms with E-state index >= 15 is 0 Å². The lowest BCUT2D eigenvalue weighted by Crippen LogP contribution is -2.50. The predicted molar refractivity (Wildman–Crippen MR) is 78.9 cm³/mol. The summed E-state index contributed by atoms with van der Waals surface area (Å²) in [7, 11) is 0. The molecule has 2 rings (SSSR count). The molecule has 120 valence electrons. The van der Waals surface area contributed by atoms with E-state index in [1.165, 1.54) is 13.0 Å². The molecule has 0 spiro atoms. The van der Waals surface area contributed by atoms with Crippen LogP contribution in [0.2, 0.25) is 0 Å². The molecule has 0 aliphatic carbocycles. The van der Waals surface area contributed by atoms with Gasteiger partial charge in [0, 0.05) is 0 Å². The van der Waals surface area contributed by atoms with Crippen LogP contribution >= 0.6 is 0 Å². The van der Waals surface area contributed by atoms with Gasteiger partial charge >= 0.3 is 12.1 Å². The molecule has 1 aromatic heterocycles. The van der Waals surface area contributed by atoms with Gasteiger partial charge in [-0.05, 0) is 24.6 Å². The van der Waals surface area contributed by atoms with Crippen molar-refractivity contribution in [3.05, 3.63) is 65.7 Å². The number of carboxylic acids is 1. The Bertz CT molecular complexity index is 691. The summed E-state index contributed by atoms with van der Waals surface area (Å²) in [4.78, 5) is 27.1. The van der Waals surface area contributed by atoms with Crippen molar-refractivity contribution in [2.75, 3.05) is 0 Å². The third kappa shape index (κ3) is 4.03. The normalized spacial score (nSPS) is 13.0. The van der Waals surface area contributed by atoms with Crippen molar-refractivity contribution in [2.24, 2.45) is 0 Å². The molecular weight excluding hydrogens is 303 g/mol. The van der Waals surface area contributed by atoms with Crippen LogP contribution in [0.4, 0.5) is 9.18 Å². The summed E-state index contributed by atoms with van der Waals surface area (Å²) in [6.45, 7) is 1.25. The molecule has 0 fully saturated rings. The average Bonchev–Trinajstić information content (AvgIpc) is 2.54. The van der Waals surface area contributed by atoms with Gasteiger partial charge in [0.25, 0.3) is 0 Å². The van der Waals surface area contributed by atoms with Crippen LogP contribution < -0.4 is 5.32 Å². The fourth-order valence-electron chi connectivity index (χ4n) is 1.86. The van der Waals surface area contributed by atoms with Crippen LogP contribution in [0.3, 0.4) is 0 Å². The van der Waals surface area contributed by atoms with Crippen LogP contribution in [0.15, 0.2) is 48.7 Å². The van der Waals surface area contributed by atoms with E-state index in [4.69, 9.17) is 4.74 Å². The number of halogens is 1. The number of amides is 1. The fraction of sp³-hybridized carbons (Fsp3) is 0.188. The maximum atomic E-state index is 12.9. The fourth-order valence-corrected chi connectivity index (χ4v) is 1.86. The number of carbonyl (C=O) groups excluding carboxylic acids is 1. The topological polar surface area (TPSA) is 88.5 Å². The van der Waals surface area contributed by atoms with Crippen LogP contribution in [-0.4, -0.2) is 22.2 Å². The molecule has 0 aliphatic heterocycles. The molecule has 1 unspecified atom stereocenters. The monoisotopic (exact) mass is 318 g/mol. The SMILES string of the molecule is CC(NC(=O)OCc1ccccc1)(C(=O)O)c1ccc(F)cn1. The van der Waals surface area contributed by atoms with Crippen molar-refractivity contribution in [3.8, 4) is 0 Å². The van der Waals surface area contributed by atoms with E-state index in [9.17, 15) is 19.1 Å². The third-order valence-electron chi connectivity index (χ3n) is 3.23. The molecule has 0 saturated carbocycles. The number of hydrogen-bond donors (Lipinski definition) is 2. The molecule has 1 atom stereocenters. The Kier molecular flexibility index (Phi) is 4.90. The Morgan fingerprint density at radius 3 is 2.52 bits per heavy atom. The number of ether oxygens (including phenoxy) is 1. The van der Waals surface area contributed by atoms with E-state index < -0.39 is 23.4 Å². The van der Waals surface area contributed by atoms with Gasteiger partial charge in [-0.1, -0.05) is 30.3 Å². The zero-order valence-electron chi connectivity index (χ0n) is 12.3. The lowest BCUT2D eigenvalue weighted by Gasteiger charge is -2.25. The summed E-state index contributed by atoms with van der Waals surface area (Å²) in [5.41, 5.74) is -1.08. The van der Waals surface area contributed by atoms with Crippen molar-refractivity contribution in [1.29, 1.82) is 0 Å². The van der Waals surface area contributed by atoms with Crippen LogP contribution in [0, 0.1) is 5.82 Å². The molecule has 0 saturated heterocycles. The van der Waals surface area contributed by atoms with Gasteiger partial charge in [0.05, 0.1) is 11.9 Å². The van der Waals surface area contributed by atoms with Crippen molar-refractivity contribution >= 4 is 12.1 Å². The maximum absolute atomic E-state index is 12.9. The highest BCUT2D eigenvalue weighted by Gasteiger charge is 2.39. The Labute approximate surface area is 131 Å². The first-order valence-corrected chi connectivity index (χ1v) is 6.76. The highest BCUT2D eigenvalue weighted by atomic mass is 19.1. The number of aromatic nitrogens is 1. The highest BCUT2D eigenvalue weighted by Crippen LogP contribution is 2.19. The van der Waals surface area contributed by atoms with Crippen molar-refractivity contribution in [2.45, 2.75) is 19.1 Å². The number of carbonyl (C=O) groups is 2. The van der Waals surface area contributed by atoms with Crippen molar-refractivity contribution < 1.29 is 23.8 Å². The van der Waals surface area contributed by atoms with Crippen LogP contribution in [-0.2, 0) is 21.7 Å². The van der Waals surface area contributed by atoms with E-state index in [1.54, 1.807) is 24.3 Å². The Morgan fingerprint density at radius 2 is 1.96 bits per heavy atom. The first-order valence-electron chi connectivity index (χ1n) is 6.76. The molecule has 1 aromatic carbocycles. The number of benzene rings is 1. The predicted octanol–water partition coefficient (Wildman–Crippen LogP) is 2.45. The van der Waals surface area contributed by atoms with Gasteiger partial charge in [-0.15, -0.1) is 0 Å².